The zero-order valence-corrected chi connectivity index (χ0v) is 9.98. The summed E-state index contributed by atoms with van der Waals surface area (Å²) in [5.41, 5.74) is 0.534. The molecule has 1 N–H and O–H groups in total. The number of hydrogen-bond donors (Lipinski definition) is 1. The van der Waals surface area contributed by atoms with Gasteiger partial charge in [-0.05, 0) is 12.1 Å². The van der Waals surface area contributed by atoms with Crippen molar-refractivity contribution in [2.75, 3.05) is 0 Å². The number of imidazole rings is 1. The monoisotopic (exact) mass is 257 g/mol. The van der Waals surface area contributed by atoms with Crippen molar-refractivity contribution in [3.8, 4) is 0 Å². The van der Waals surface area contributed by atoms with Crippen molar-refractivity contribution < 1.29 is 14.3 Å². The van der Waals surface area contributed by atoms with Gasteiger partial charge < -0.3 is 9.52 Å². The molecule has 0 unspecified atom stereocenters. The minimum atomic E-state index is -1.05. The minimum absolute atomic E-state index is 0.0301. The summed E-state index contributed by atoms with van der Waals surface area (Å²) in [4.78, 5) is 19.2. The highest BCUT2D eigenvalue weighted by Crippen LogP contribution is 2.14. The number of carbonyl (C=O) groups is 1. The van der Waals surface area contributed by atoms with Crippen molar-refractivity contribution in [2.24, 2.45) is 0 Å². The van der Waals surface area contributed by atoms with Gasteiger partial charge >= 0.3 is 5.97 Å². The van der Waals surface area contributed by atoms with E-state index in [4.69, 9.17) is 9.52 Å². The van der Waals surface area contributed by atoms with E-state index in [1.54, 1.807) is 23.1 Å². The molecule has 0 aromatic carbocycles. The molecule has 0 radical (unpaired) electrons. The normalized spacial score (nSPS) is 10.9. The van der Waals surface area contributed by atoms with E-state index in [9.17, 15) is 4.79 Å². The fourth-order valence-electron chi connectivity index (χ4n) is 2.03. The van der Waals surface area contributed by atoms with Gasteiger partial charge in [0.1, 0.15) is 11.6 Å². The molecule has 0 aliphatic rings. The lowest BCUT2D eigenvalue weighted by Gasteiger charge is -1.98. The molecule has 0 fully saturated rings. The molecule has 0 amide bonds. The summed E-state index contributed by atoms with van der Waals surface area (Å²) in [7, 11) is 0. The quantitative estimate of drug-likeness (QED) is 0.770. The molecule has 0 aliphatic carbocycles. The standard InChI is InChI=1S/C13H11N3O3/c17-13(18)12-10-8-14-5-6-16(10)11(15-12)4-3-9-2-1-7-19-9/h1-2,5-8H,3-4H2,(H,17,18). The summed E-state index contributed by atoms with van der Waals surface area (Å²) in [6.07, 6.45) is 7.72. The van der Waals surface area contributed by atoms with Gasteiger partial charge in [0.25, 0.3) is 0 Å². The van der Waals surface area contributed by atoms with Crippen molar-refractivity contribution in [1.29, 1.82) is 0 Å². The number of fused-ring (bicyclic) bond motifs is 1. The summed E-state index contributed by atoms with van der Waals surface area (Å²) < 4.78 is 7.01. The predicted octanol–water partition coefficient (Wildman–Crippen LogP) is 1.81. The smallest absolute Gasteiger partial charge is 0.356 e. The molecule has 0 aliphatic heterocycles. The molecule has 0 spiro atoms. The fourth-order valence-corrected chi connectivity index (χ4v) is 2.03. The Kier molecular flexibility index (Phi) is 2.75. The first-order valence-corrected chi connectivity index (χ1v) is 5.82. The van der Waals surface area contributed by atoms with Gasteiger partial charge in [-0.1, -0.05) is 0 Å². The zero-order valence-electron chi connectivity index (χ0n) is 9.98. The van der Waals surface area contributed by atoms with E-state index < -0.39 is 5.97 Å². The van der Waals surface area contributed by atoms with Gasteiger partial charge in [0, 0.05) is 25.2 Å². The van der Waals surface area contributed by atoms with Crippen LogP contribution in [-0.2, 0) is 12.8 Å². The molecule has 0 saturated carbocycles. The van der Waals surface area contributed by atoms with Gasteiger partial charge in [-0.3, -0.25) is 9.38 Å². The molecule has 3 rings (SSSR count). The van der Waals surface area contributed by atoms with E-state index in [-0.39, 0.29) is 5.69 Å². The maximum Gasteiger partial charge on any atom is 0.356 e. The van der Waals surface area contributed by atoms with Crippen molar-refractivity contribution in [1.82, 2.24) is 14.4 Å². The van der Waals surface area contributed by atoms with Gasteiger partial charge in [-0.15, -0.1) is 0 Å². The number of rotatable bonds is 4. The Morgan fingerprint density at radius 1 is 1.42 bits per heavy atom. The van der Waals surface area contributed by atoms with Gasteiger partial charge in [-0.25, -0.2) is 9.78 Å². The van der Waals surface area contributed by atoms with E-state index in [0.29, 0.717) is 24.2 Å². The van der Waals surface area contributed by atoms with Crippen molar-refractivity contribution in [2.45, 2.75) is 12.8 Å². The number of hydrogen-bond acceptors (Lipinski definition) is 4. The van der Waals surface area contributed by atoms with Crippen LogP contribution >= 0.6 is 0 Å². The maximum absolute atomic E-state index is 11.1. The Labute approximate surface area is 108 Å². The van der Waals surface area contributed by atoms with E-state index in [1.807, 2.05) is 12.1 Å². The Morgan fingerprint density at radius 2 is 2.32 bits per heavy atom. The maximum atomic E-state index is 11.1. The Bertz CT molecular complexity index is 716. The highest BCUT2D eigenvalue weighted by atomic mass is 16.4. The summed E-state index contributed by atoms with van der Waals surface area (Å²) in [5.74, 6) is 0.489. The first-order valence-electron chi connectivity index (χ1n) is 5.82. The van der Waals surface area contributed by atoms with Crippen LogP contribution in [0.25, 0.3) is 5.52 Å². The van der Waals surface area contributed by atoms with Gasteiger partial charge in [0.15, 0.2) is 5.69 Å². The molecule has 96 valence electrons. The molecule has 6 nitrogen and oxygen atoms in total. The van der Waals surface area contributed by atoms with Crippen LogP contribution in [0, 0.1) is 0 Å². The summed E-state index contributed by atoms with van der Waals surface area (Å²) in [6, 6.07) is 3.71. The Morgan fingerprint density at radius 3 is 3.05 bits per heavy atom. The molecule has 0 bridgehead atoms. The molecule has 19 heavy (non-hydrogen) atoms. The highest BCUT2D eigenvalue weighted by molar-refractivity contribution is 5.93. The zero-order chi connectivity index (χ0) is 13.2. The number of carboxylic acid groups (broad SMARTS) is 1. The Balaban J connectivity index is 1.97. The summed E-state index contributed by atoms with van der Waals surface area (Å²) >= 11 is 0. The molecule has 3 aromatic heterocycles. The number of carboxylic acids is 1. The third-order valence-electron chi connectivity index (χ3n) is 2.90. The van der Waals surface area contributed by atoms with Crippen LogP contribution in [0.5, 0.6) is 0 Å². The van der Waals surface area contributed by atoms with Crippen LogP contribution in [0.3, 0.4) is 0 Å². The number of aryl methyl sites for hydroxylation is 2. The number of aromatic carboxylic acids is 1. The lowest BCUT2D eigenvalue weighted by atomic mass is 10.2. The fraction of sp³-hybridized carbons (Fsp3) is 0.154. The highest BCUT2D eigenvalue weighted by Gasteiger charge is 2.16. The third kappa shape index (κ3) is 2.08. The van der Waals surface area contributed by atoms with Gasteiger partial charge in [0.05, 0.1) is 18.0 Å². The first-order chi connectivity index (χ1) is 9.25. The average molecular weight is 257 g/mol. The summed E-state index contributed by atoms with van der Waals surface area (Å²) in [5, 5.41) is 9.13. The molecular formula is C13H11N3O3. The minimum Gasteiger partial charge on any atom is -0.476 e. The van der Waals surface area contributed by atoms with Crippen LogP contribution in [0.1, 0.15) is 22.1 Å². The SMILES string of the molecule is O=C(O)c1nc(CCc2ccco2)n2ccncc12. The van der Waals surface area contributed by atoms with Crippen LogP contribution in [0.15, 0.2) is 41.4 Å². The lowest BCUT2D eigenvalue weighted by molar-refractivity contribution is 0.0693. The second-order valence-electron chi connectivity index (χ2n) is 4.09. The lowest BCUT2D eigenvalue weighted by Crippen LogP contribution is -1.98. The average Bonchev–Trinajstić information content (AvgIpc) is 3.04. The third-order valence-corrected chi connectivity index (χ3v) is 2.90. The van der Waals surface area contributed by atoms with Gasteiger partial charge in [-0.2, -0.15) is 0 Å². The Hall–Kier alpha value is -2.63. The van der Waals surface area contributed by atoms with Crippen LogP contribution < -0.4 is 0 Å². The molecule has 6 heteroatoms. The molecule has 3 aromatic rings. The van der Waals surface area contributed by atoms with E-state index in [2.05, 4.69) is 9.97 Å². The number of furan rings is 1. The molecule has 0 atom stereocenters. The first kappa shape index (κ1) is 11.5. The summed E-state index contributed by atoms with van der Waals surface area (Å²) in [6.45, 7) is 0. The van der Waals surface area contributed by atoms with Crippen LogP contribution in [-0.4, -0.2) is 25.4 Å². The molecule has 3 heterocycles. The van der Waals surface area contributed by atoms with Crippen molar-refractivity contribution in [3.63, 3.8) is 0 Å². The molecular weight excluding hydrogens is 246 g/mol. The van der Waals surface area contributed by atoms with Crippen molar-refractivity contribution in [3.05, 3.63) is 54.3 Å². The van der Waals surface area contributed by atoms with Crippen molar-refractivity contribution >= 4 is 11.5 Å². The second kappa shape index (κ2) is 4.56. The number of aromatic nitrogens is 3. The van der Waals surface area contributed by atoms with E-state index in [0.717, 1.165) is 5.76 Å². The second-order valence-corrected chi connectivity index (χ2v) is 4.09. The van der Waals surface area contributed by atoms with Gasteiger partial charge in [0.2, 0.25) is 0 Å². The molecule has 0 saturated heterocycles. The predicted molar refractivity (Wildman–Crippen MR) is 66.1 cm³/mol. The van der Waals surface area contributed by atoms with E-state index >= 15 is 0 Å². The largest absolute Gasteiger partial charge is 0.476 e. The number of nitrogens with zero attached hydrogens (tertiary/aromatic N) is 3. The topological polar surface area (TPSA) is 80.6 Å². The van der Waals surface area contributed by atoms with Crippen LogP contribution in [0.4, 0.5) is 0 Å². The van der Waals surface area contributed by atoms with E-state index in [1.165, 1.54) is 6.20 Å². The van der Waals surface area contributed by atoms with Crippen LogP contribution in [0.2, 0.25) is 0 Å².